The molecule has 0 atom stereocenters. The van der Waals surface area contributed by atoms with Gasteiger partial charge >= 0.3 is 0 Å². The Kier molecular flexibility index (Phi) is 4.49. The molecule has 2 rings (SSSR count). The van der Waals surface area contributed by atoms with Crippen LogP contribution in [0.1, 0.15) is 25.3 Å². The zero-order valence-electron chi connectivity index (χ0n) is 11.7. The van der Waals surface area contributed by atoms with Gasteiger partial charge in [0.25, 0.3) is 0 Å². The predicted molar refractivity (Wildman–Crippen MR) is 77.8 cm³/mol. The summed E-state index contributed by atoms with van der Waals surface area (Å²) in [6.07, 6.45) is 1.65. The quantitative estimate of drug-likeness (QED) is 0.858. The van der Waals surface area contributed by atoms with Crippen molar-refractivity contribution < 1.29 is 13.5 Å². The minimum atomic E-state index is -3.46. The molecule has 1 heterocycles. The molecule has 112 valence electrons. The SMILES string of the molecule is CCc1ccc(S(=O)(=O)N2CCC(O)(CN)CC2)cc1. The minimum absolute atomic E-state index is 0.173. The molecule has 6 heteroatoms. The topological polar surface area (TPSA) is 83.6 Å². The van der Waals surface area contributed by atoms with E-state index in [-0.39, 0.29) is 6.54 Å². The van der Waals surface area contributed by atoms with E-state index in [4.69, 9.17) is 5.73 Å². The van der Waals surface area contributed by atoms with E-state index in [0.717, 1.165) is 12.0 Å². The number of sulfonamides is 1. The Morgan fingerprint density at radius 3 is 2.25 bits per heavy atom. The highest BCUT2D eigenvalue weighted by molar-refractivity contribution is 7.89. The highest BCUT2D eigenvalue weighted by atomic mass is 32.2. The van der Waals surface area contributed by atoms with Crippen molar-refractivity contribution >= 4 is 10.0 Å². The van der Waals surface area contributed by atoms with Gasteiger partial charge in [0.1, 0.15) is 0 Å². The van der Waals surface area contributed by atoms with Crippen molar-refractivity contribution in [3.05, 3.63) is 29.8 Å². The van der Waals surface area contributed by atoms with Crippen LogP contribution in [0.25, 0.3) is 0 Å². The summed E-state index contributed by atoms with van der Waals surface area (Å²) in [5, 5.41) is 10.1. The average Bonchev–Trinajstić information content (AvgIpc) is 2.48. The fraction of sp³-hybridized carbons (Fsp3) is 0.571. The van der Waals surface area contributed by atoms with E-state index in [2.05, 4.69) is 0 Å². The van der Waals surface area contributed by atoms with Gasteiger partial charge in [-0.2, -0.15) is 4.31 Å². The van der Waals surface area contributed by atoms with E-state index in [1.807, 2.05) is 19.1 Å². The molecule has 0 bridgehead atoms. The molecule has 1 fully saturated rings. The maximum absolute atomic E-state index is 12.5. The highest BCUT2D eigenvalue weighted by Crippen LogP contribution is 2.26. The third-order valence-corrected chi connectivity index (χ3v) is 5.92. The Balaban J connectivity index is 2.15. The van der Waals surface area contributed by atoms with Crippen molar-refractivity contribution in [2.75, 3.05) is 19.6 Å². The van der Waals surface area contributed by atoms with E-state index in [1.54, 1.807) is 12.1 Å². The van der Waals surface area contributed by atoms with Gasteiger partial charge in [-0.3, -0.25) is 0 Å². The predicted octanol–water partition coefficient (Wildman–Crippen LogP) is 0.723. The molecule has 0 spiro atoms. The summed E-state index contributed by atoms with van der Waals surface area (Å²) in [6.45, 7) is 2.82. The van der Waals surface area contributed by atoms with Crippen molar-refractivity contribution in [1.29, 1.82) is 0 Å². The van der Waals surface area contributed by atoms with Crippen molar-refractivity contribution in [3.63, 3.8) is 0 Å². The molecule has 20 heavy (non-hydrogen) atoms. The van der Waals surface area contributed by atoms with Crippen LogP contribution in [0.15, 0.2) is 29.2 Å². The molecule has 0 unspecified atom stereocenters. The number of nitrogens with two attached hydrogens (primary N) is 1. The average molecular weight is 298 g/mol. The maximum atomic E-state index is 12.5. The Bertz CT molecular complexity index is 546. The van der Waals surface area contributed by atoms with Gasteiger partial charge in [-0.15, -0.1) is 0 Å². The lowest BCUT2D eigenvalue weighted by Crippen LogP contribution is -2.50. The Morgan fingerprint density at radius 2 is 1.80 bits per heavy atom. The number of hydrogen-bond donors (Lipinski definition) is 2. The maximum Gasteiger partial charge on any atom is 0.243 e. The molecule has 5 nitrogen and oxygen atoms in total. The van der Waals surface area contributed by atoms with Crippen LogP contribution in [-0.2, 0) is 16.4 Å². The van der Waals surface area contributed by atoms with Crippen LogP contribution in [-0.4, -0.2) is 43.1 Å². The third-order valence-electron chi connectivity index (χ3n) is 4.00. The van der Waals surface area contributed by atoms with Crippen LogP contribution >= 0.6 is 0 Å². The molecule has 1 saturated heterocycles. The number of piperidine rings is 1. The zero-order chi connectivity index (χ0) is 14.8. The Labute approximate surface area is 120 Å². The summed E-state index contributed by atoms with van der Waals surface area (Å²) in [5.41, 5.74) is 5.71. The van der Waals surface area contributed by atoms with Gasteiger partial charge in [0.05, 0.1) is 10.5 Å². The van der Waals surface area contributed by atoms with Crippen molar-refractivity contribution in [3.8, 4) is 0 Å². The van der Waals surface area contributed by atoms with E-state index in [9.17, 15) is 13.5 Å². The number of rotatable bonds is 4. The van der Waals surface area contributed by atoms with Crippen LogP contribution in [0.4, 0.5) is 0 Å². The van der Waals surface area contributed by atoms with Gasteiger partial charge in [0, 0.05) is 19.6 Å². The molecule has 0 radical (unpaired) electrons. The molecular weight excluding hydrogens is 276 g/mol. The summed E-state index contributed by atoms with van der Waals surface area (Å²) < 4.78 is 26.4. The minimum Gasteiger partial charge on any atom is -0.388 e. The van der Waals surface area contributed by atoms with E-state index in [0.29, 0.717) is 30.8 Å². The second kappa shape index (κ2) is 5.81. The van der Waals surface area contributed by atoms with E-state index >= 15 is 0 Å². The zero-order valence-corrected chi connectivity index (χ0v) is 12.6. The first kappa shape index (κ1) is 15.4. The first-order valence-electron chi connectivity index (χ1n) is 6.93. The molecular formula is C14H22N2O3S. The number of hydrogen-bond acceptors (Lipinski definition) is 4. The van der Waals surface area contributed by atoms with Crippen molar-refractivity contribution in [1.82, 2.24) is 4.31 Å². The standard InChI is InChI=1S/C14H22N2O3S/c1-2-12-3-5-13(6-4-12)20(18,19)16-9-7-14(17,11-15)8-10-16/h3-6,17H,2,7-11,15H2,1H3. The highest BCUT2D eigenvalue weighted by Gasteiger charge is 2.36. The molecule has 1 aliphatic heterocycles. The lowest BCUT2D eigenvalue weighted by Gasteiger charge is -2.36. The second-order valence-electron chi connectivity index (χ2n) is 5.33. The number of aliphatic hydroxyl groups is 1. The summed E-state index contributed by atoms with van der Waals surface area (Å²) in [4.78, 5) is 0.313. The molecule has 1 aromatic rings. The lowest BCUT2D eigenvalue weighted by atomic mass is 9.93. The molecule has 3 N–H and O–H groups in total. The number of nitrogens with zero attached hydrogens (tertiary/aromatic N) is 1. The molecule has 1 aliphatic rings. The van der Waals surface area contributed by atoms with Crippen LogP contribution in [0.5, 0.6) is 0 Å². The molecule has 0 saturated carbocycles. The lowest BCUT2D eigenvalue weighted by molar-refractivity contribution is 0.00344. The Hall–Kier alpha value is -0.950. The summed E-state index contributed by atoms with van der Waals surface area (Å²) >= 11 is 0. The summed E-state index contributed by atoms with van der Waals surface area (Å²) in [7, 11) is -3.46. The van der Waals surface area contributed by atoms with Gasteiger partial charge in [-0.25, -0.2) is 8.42 Å². The van der Waals surface area contributed by atoms with Gasteiger partial charge in [-0.1, -0.05) is 19.1 Å². The van der Waals surface area contributed by atoms with Crippen molar-refractivity contribution in [2.24, 2.45) is 5.73 Å². The fourth-order valence-corrected chi connectivity index (χ4v) is 3.83. The summed E-state index contributed by atoms with van der Waals surface area (Å²) in [6, 6.07) is 6.98. The van der Waals surface area contributed by atoms with E-state index in [1.165, 1.54) is 4.31 Å². The van der Waals surface area contributed by atoms with Gasteiger partial charge in [-0.05, 0) is 37.0 Å². The molecule has 0 aromatic heterocycles. The summed E-state index contributed by atoms with van der Waals surface area (Å²) in [5.74, 6) is 0. The fourth-order valence-electron chi connectivity index (χ4n) is 2.39. The van der Waals surface area contributed by atoms with E-state index < -0.39 is 15.6 Å². The van der Waals surface area contributed by atoms with Gasteiger partial charge in [0.2, 0.25) is 10.0 Å². The third kappa shape index (κ3) is 3.03. The van der Waals surface area contributed by atoms with Crippen LogP contribution in [0, 0.1) is 0 Å². The Morgan fingerprint density at radius 1 is 1.25 bits per heavy atom. The van der Waals surface area contributed by atoms with Crippen LogP contribution in [0.2, 0.25) is 0 Å². The van der Waals surface area contributed by atoms with Crippen LogP contribution in [0.3, 0.4) is 0 Å². The molecule has 1 aromatic carbocycles. The molecule has 0 aliphatic carbocycles. The number of aryl methyl sites for hydroxylation is 1. The largest absolute Gasteiger partial charge is 0.388 e. The smallest absolute Gasteiger partial charge is 0.243 e. The first-order valence-corrected chi connectivity index (χ1v) is 8.37. The van der Waals surface area contributed by atoms with Crippen molar-refractivity contribution in [2.45, 2.75) is 36.7 Å². The molecule has 0 amide bonds. The first-order chi connectivity index (χ1) is 9.41. The van der Waals surface area contributed by atoms with Gasteiger partial charge < -0.3 is 10.8 Å². The normalized spacial score (nSPS) is 19.9. The van der Waals surface area contributed by atoms with Crippen LogP contribution < -0.4 is 5.73 Å². The second-order valence-corrected chi connectivity index (χ2v) is 7.27. The number of benzene rings is 1. The monoisotopic (exact) mass is 298 g/mol. The van der Waals surface area contributed by atoms with Gasteiger partial charge in [0.15, 0.2) is 0 Å².